The number of benzene rings is 1. The quantitative estimate of drug-likeness (QED) is 0.495. The molecule has 1 aliphatic carbocycles. The third-order valence-corrected chi connectivity index (χ3v) is 7.13. The van der Waals surface area contributed by atoms with Gasteiger partial charge in [0.1, 0.15) is 10.6 Å². The van der Waals surface area contributed by atoms with Gasteiger partial charge in [0.25, 0.3) is 5.56 Å². The number of carbonyl (C=O) groups excluding carboxylic acids is 1. The van der Waals surface area contributed by atoms with Crippen molar-refractivity contribution in [2.75, 3.05) is 12.3 Å². The lowest BCUT2D eigenvalue weighted by Gasteiger charge is -2.08. The molecule has 0 fully saturated rings. The minimum absolute atomic E-state index is 0.0353. The summed E-state index contributed by atoms with van der Waals surface area (Å²) in [6.07, 6.45) is 3.51. The largest absolute Gasteiger partial charge is 0.355 e. The Hall–Kier alpha value is -2.19. The molecule has 2 aromatic heterocycles. The van der Waals surface area contributed by atoms with Crippen molar-refractivity contribution >= 4 is 39.2 Å². The van der Waals surface area contributed by atoms with Crippen LogP contribution in [0.3, 0.4) is 0 Å². The molecule has 0 spiro atoms. The van der Waals surface area contributed by atoms with Gasteiger partial charge in [0.2, 0.25) is 5.91 Å². The summed E-state index contributed by atoms with van der Waals surface area (Å²) in [5.74, 6) is -0.264. The van der Waals surface area contributed by atoms with Crippen LogP contribution in [0.1, 0.15) is 22.4 Å². The molecule has 1 aromatic carbocycles. The topological polar surface area (TPSA) is 64.0 Å². The Bertz CT molecular complexity index is 1110. The Labute approximate surface area is 170 Å². The average Bonchev–Trinajstić information content (AvgIpc) is 3.26. The van der Waals surface area contributed by atoms with E-state index in [2.05, 4.69) is 10.3 Å². The van der Waals surface area contributed by atoms with Gasteiger partial charge in [0.15, 0.2) is 5.16 Å². The van der Waals surface area contributed by atoms with Crippen LogP contribution >= 0.6 is 23.1 Å². The Morgan fingerprint density at radius 2 is 2.18 bits per heavy atom. The monoisotopic (exact) mass is 417 g/mol. The second kappa shape index (κ2) is 8.05. The van der Waals surface area contributed by atoms with Crippen LogP contribution in [0, 0.1) is 5.82 Å². The Morgan fingerprint density at radius 3 is 3.00 bits per heavy atom. The van der Waals surface area contributed by atoms with E-state index >= 15 is 0 Å². The van der Waals surface area contributed by atoms with Crippen molar-refractivity contribution in [2.45, 2.75) is 30.8 Å². The summed E-state index contributed by atoms with van der Waals surface area (Å²) < 4.78 is 15.1. The molecule has 0 aliphatic heterocycles. The van der Waals surface area contributed by atoms with Gasteiger partial charge in [-0.15, -0.1) is 11.3 Å². The number of carbonyl (C=O) groups is 1. The molecule has 28 heavy (non-hydrogen) atoms. The average molecular weight is 418 g/mol. The lowest BCUT2D eigenvalue weighted by atomic mass is 10.1. The second-order valence-corrected chi connectivity index (χ2v) is 8.80. The number of amides is 1. The van der Waals surface area contributed by atoms with Crippen LogP contribution in [-0.4, -0.2) is 27.8 Å². The molecule has 5 nitrogen and oxygen atoms in total. The number of rotatable bonds is 6. The van der Waals surface area contributed by atoms with E-state index in [-0.39, 0.29) is 23.0 Å². The highest BCUT2D eigenvalue weighted by Gasteiger charge is 2.22. The number of aryl methyl sites for hydroxylation is 2. The first-order chi connectivity index (χ1) is 13.5. The number of thioether (sulfide) groups is 1. The molecule has 0 atom stereocenters. The van der Waals surface area contributed by atoms with Crippen molar-refractivity contribution in [3.63, 3.8) is 0 Å². The molecule has 0 bridgehead atoms. The summed E-state index contributed by atoms with van der Waals surface area (Å²) in [5, 5.41) is 4.08. The number of aromatic nitrogens is 2. The minimum Gasteiger partial charge on any atom is -0.355 e. The number of nitrogens with zero attached hydrogens (tertiary/aromatic N) is 2. The van der Waals surface area contributed by atoms with Crippen molar-refractivity contribution in [3.05, 3.63) is 56.4 Å². The maximum Gasteiger partial charge on any atom is 0.262 e. The predicted molar refractivity (Wildman–Crippen MR) is 111 cm³/mol. The number of halogens is 1. The Morgan fingerprint density at radius 1 is 1.36 bits per heavy atom. The van der Waals surface area contributed by atoms with E-state index in [9.17, 15) is 14.0 Å². The van der Waals surface area contributed by atoms with E-state index in [1.165, 1.54) is 27.3 Å². The molecule has 0 unspecified atom stereocenters. The Balaban J connectivity index is 1.39. The second-order valence-electron chi connectivity index (χ2n) is 6.78. The fraction of sp³-hybridized carbons (Fsp3) is 0.350. The maximum atomic E-state index is 13.6. The van der Waals surface area contributed by atoms with Crippen LogP contribution in [0.5, 0.6) is 0 Å². The number of nitrogens with one attached hydrogen (secondary N) is 1. The van der Waals surface area contributed by atoms with Crippen LogP contribution in [0.15, 0.2) is 34.2 Å². The van der Waals surface area contributed by atoms with Crippen molar-refractivity contribution < 1.29 is 9.18 Å². The Kier molecular flexibility index (Phi) is 5.50. The van der Waals surface area contributed by atoms with E-state index in [0.717, 1.165) is 35.0 Å². The first kappa shape index (κ1) is 19.1. The predicted octanol–water partition coefficient (Wildman–Crippen LogP) is 3.07. The number of hydrogen-bond acceptors (Lipinski definition) is 5. The normalized spacial score (nSPS) is 13.1. The molecule has 8 heteroatoms. The van der Waals surface area contributed by atoms with Crippen LogP contribution in [-0.2, 0) is 31.1 Å². The van der Waals surface area contributed by atoms with Gasteiger partial charge in [0, 0.05) is 18.5 Å². The van der Waals surface area contributed by atoms with Crippen molar-refractivity contribution in [3.8, 4) is 0 Å². The first-order valence-corrected chi connectivity index (χ1v) is 11.0. The van der Waals surface area contributed by atoms with E-state index in [0.29, 0.717) is 23.7 Å². The molecule has 0 radical (unpaired) electrons. The van der Waals surface area contributed by atoms with E-state index in [1.807, 2.05) is 0 Å². The molecular formula is C20H20FN3O2S2. The van der Waals surface area contributed by atoms with Gasteiger partial charge >= 0.3 is 0 Å². The summed E-state index contributed by atoms with van der Waals surface area (Å²) in [7, 11) is 1.70. The van der Waals surface area contributed by atoms with Gasteiger partial charge in [-0.05, 0) is 42.9 Å². The lowest BCUT2D eigenvalue weighted by molar-refractivity contribution is -0.118. The highest BCUT2D eigenvalue weighted by Crippen LogP contribution is 2.35. The van der Waals surface area contributed by atoms with Crippen LogP contribution in [0.2, 0.25) is 0 Å². The fourth-order valence-electron chi connectivity index (χ4n) is 3.45. The van der Waals surface area contributed by atoms with Crippen molar-refractivity contribution in [2.24, 2.45) is 7.05 Å². The number of thiophene rings is 1. The summed E-state index contributed by atoms with van der Waals surface area (Å²) in [4.78, 5) is 31.6. The minimum atomic E-state index is -0.263. The molecule has 2 heterocycles. The first-order valence-electron chi connectivity index (χ1n) is 9.19. The lowest BCUT2D eigenvalue weighted by Crippen LogP contribution is -2.28. The molecule has 1 N–H and O–H groups in total. The third-order valence-electron chi connectivity index (χ3n) is 4.91. The fourth-order valence-corrected chi connectivity index (χ4v) is 5.56. The van der Waals surface area contributed by atoms with Gasteiger partial charge < -0.3 is 5.32 Å². The summed E-state index contributed by atoms with van der Waals surface area (Å²) in [6.45, 7) is 0.364. The van der Waals surface area contributed by atoms with Gasteiger partial charge in [-0.3, -0.25) is 14.2 Å². The van der Waals surface area contributed by atoms with Crippen molar-refractivity contribution in [1.82, 2.24) is 14.9 Å². The van der Waals surface area contributed by atoms with Crippen LogP contribution < -0.4 is 10.9 Å². The zero-order valence-electron chi connectivity index (χ0n) is 15.5. The summed E-state index contributed by atoms with van der Waals surface area (Å²) in [6, 6.07) is 6.54. The van der Waals surface area contributed by atoms with Gasteiger partial charge in [-0.25, -0.2) is 9.37 Å². The maximum absolute atomic E-state index is 13.6. The smallest absolute Gasteiger partial charge is 0.262 e. The SMILES string of the molecule is Cn1c(SCC(=O)NCCc2ccccc2F)nc2sc3c(c2c1=O)CCC3. The zero-order valence-corrected chi connectivity index (χ0v) is 17.1. The highest BCUT2D eigenvalue weighted by atomic mass is 32.2. The van der Waals surface area contributed by atoms with Gasteiger partial charge in [-0.1, -0.05) is 30.0 Å². The third kappa shape index (κ3) is 3.71. The molecule has 0 saturated carbocycles. The van der Waals surface area contributed by atoms with Crippen molar-refractivity contribution in [1.29, 1.82) is 0 Å². The highest BCUT2D eigenvalue weighted by molar-refractivity contribution is 7.99. The molecule has 4 rings (SSSR count). The van der Waals surface area contributed by atoms with Crippen LogP contribution in [0.4, 0.5) is 4.39 Å². The molecular weight excluding hydrogens is 397 g/mol. The molecule has 0 saturated heterocycles. The number of hydrogen-bond donors (Lipinski definition) is 1. The summed E-state index contributed by atoms with van der Waals surface area (Å²) in [5.41, 5.74) is 1.71. The van der Waals surface area contributed by atoms with Crippen LogP contribution in [0.25, 0.3) is 10.2 Å². The molecule has 3 aromatic rings. The van der Waals surface area contributed by atoms with Gasteiger partial charge in [0.05, 0.1) is 11.1 Å². The van der Waals surface area contributed by atoms with E-state index in [4.69, 9.17) is 0 Å². The number of fused-ring (bicyclic) bond motifs is 3. The van der Waals surface area contributed by atoms with E-state index < -0.39 is 0 Å². The summed E-state index contributed by atoms with van der Waals surface area (Å²) >= 11 is 2.84. The standard InChI is InChI=1S/C20H20FN3O2S2/c1-24-19(26)17-13-6-4-8-15(13)28-18(17)23-20(24)27-11-16(25)22-10-9-12-5-2-3-7-14(12)21/h2-3,5,7H,4,6,8-11H2,1H3,(H,22,25). The zero-order chi connectivity index (χ0) is 19.7. The molecule has 146 valence electrons. The van der Waals surface area contributed by atoms with Gasteiger partial charge in [-0.2, -0.15) is 0 Å². The molecule has 1 amide bonds. The van der Waals surface area contributed by atoms with E-state index in [1.54, 1.807) is 36.6 Å². The molecule has 1 aliphatic rings.